The number of hydrogen-bond acceptors (Lipinski definition) is 9. The summed E-state index contributed by atoms with van der Waals surface area (Å²) in [4.78, 5) is 78.1. The Morgan fingerprint density at radius 3 is 1.91 bits per heavy atom. The van der Waals surface area contributed by atoms with Crippen LogP contribution in [-0.4, -0.2) is 64.9 Å². The lowest BCUT2D eigenvalue weighted by Gasteiger charge is -2.43. The minimum atomic E-state index is -1.09. The molecule has 0 radical (unpaired) electrons. The molecule has 0 unspecified atom stereocenters. The van der Waals surface area contributed by atoms with Crippen LogP contribution < -0.4 is 0 Å². The summed E-state index contributed by atoms with van der Waals surface area (Å²) in [6.45, 7) is 0. The highest BCUT2D eigenvalue weighted by Crippen LogP contribution is 2.58. The van der Waals surface area contributed by atoms with E-state index in [2.05, 4.69) is 9.47 Å². The number of nitrogens with zero attached hydrogens (tertiary/aromatic N) is 2. The Kier molecular flexibility index (Phi) is 5.22. The Bertz CT molecular complexity index is 1200. The van der Waals surface area contributed by atoms with Crippen LogP contribution in [0.3, 0.4) is 0 Å². The van der Waals surface area contributed by atoms with Crippen molar-refractivity contribution in [2.75, 3.05) is 14.2 Å². The number of amides is 6. The van der Waals surface area contributed by atoms with E-state index in [9.17, 15) is 33.9 Å². The summed E-state index contributed by atoms with van der Waals surface area (Å²) >= 11 is 0. The molecule has 11 nitrogen and oxygen atoms in total. The molecule has 11 heteroatoms. The van der Waals surface area contributed by atoms with Crippen molar-refractivity contribution < 1.29 is 43.3 Å². The maximum absolute atomic E-state index is 13.3. The van der Waals surface area contributed by atoms with Crippen LogP contribution in [-0.2, 0) is 28.7 Å². The van der Waals surface area contributed by atoms with E-state index in [-0.39, 0.29) is 18.6 Å². The van der Waals surface area contributed by atoms with Crippen LogP contribution in [0.1, 0.15) is 24.3 Å². The molecule has 6 amide bonds. The van der Waals surface area contributed by atoms with Crippen molar-refractivity contribution in [3.63, 3.8) is 0 Å². The van der Waals surface area contributed by atoms with Gasteiger partial charge in [-0.3, -0.25) is 19.2 Å². The minimum Gasteiger partial charge on any atom is -0.508 e. The molecule has 182 valence electrons. The Labute approximate surface area is 199 Å². The number of imide groups is 6. The first kappa shape index (κ1) is 22.8. The number of carbonyl (C=O) groups excluding carboxylic acids is 6. The van der Waals surface area contributed by atoms with Gasteiger partial charge in [-0.2, -0.15) is 9.80 Å². The van der Waals surface area contributed by atoms with Crippen molar-refractivity contribution in [1.29, 1.82) is 0 Å². The summed E-state index contributed by atoms with van der Waals surface area (Å²) < 4.78 is 9.27. The smallest absolute Gasteiger partial charge is 0.423 e. The third-order valence-corrected chi connectivity index (χ3v) is 7.62. The summed E-state index contributed by atoms with van der Waals surface area (Å²) in [6, 6.07) is 6.13. The average Bonchev–Trinajstić information content (AvgIpc) is 3.26. The maximum atomic E-state index is 13.3. The van der Waals surface area contributed by atoms with E-state index in [0.29, 0.717) is 20.9 Å². The third kappa shape index (κ3) is 3.10. The predicted octanol–water partition coefficient (Wildman–Crippen LogP) is 1.56. The van der Waals surface area contributed by atoms with Gasteiger partial charge in [-0.15, -0.1) is 0 Å². The Morgan fingerprint density at radius 2 is 1.34 bits per heavy atom. The van der Waals surface area contributed by atoms with Crippen LogP contribution in [0, 0.1) is 29.6 Å². The normalized spacial score (nSPS) is 31.5. The topological polar surface area (TPSA) is 148 Å². The molecule has 1 N–H and O–H groups in total. The first-order valence-electron chi connectivity index (χ1n) is 11.1. The van der Waals surface area contributed by atoms with E-state index in [0.717, 1.165) is 14.2 Å². The standard InChI is InChI=1S/C24H22N2O9/c1-34-23(32)25-19(28)13-8-7-12-14(17(13)21(25)30)9-15-18(16(12)10-3-5-11(27)6-4-10)22(31)26(20(15)29)24(33)35-2/h3-7,13-18,27H,8-9H2,1-2H3/t13-,14+,15+,16-,17-,18+/m0/s1. The van der Waals surface area contributed by atoms with Gasteiger partial charge in [-0.05, 0) is 36.5 Å². The number of ether oxygens (including phenoxy) is 2. The molecule has 1 saturated carbocycles. The first-order chi connectivity index (χ1) is 16.7. The van der Waals surface area contributed by atoms with Crippen molar-refractivity contribution in [3.8, 4) is 5.75 Å². The van der Waals surface area contributed by atoms with Gasteiger partial charge in [0.15, 0.2) is 0 Å². The van der Waals surface area contributed by atoms with Crippen LogP contribution >= 0.6 is 0 Å². The number of methoxy groups -OCH3 is 2. The van der Waals surface area contributed by atoms with Gasteiger partial charge in [0, 0.05) is 5.92 Å². The van der Waals surface area contributed by atoms with Crippen LogP contribution in [0.5, 0.6) is 5.75 Å². The van der Waals surface area contributed by atoms with Crippen molar-refractivity contribution in [2.45, 2.75) is 18.8 Å². The molecule has 0 aromatic heterocycles. The SMILES string of the molecule is COC(=O)N1C(=O)[C@H]2[C@H](CC=C3[C@H]2C[C@H]2C(=O)N(C(=O)OC)C(=O)[C@H]2[C@H]3c2ccc(O)cc2)C1=O. The van der Waals surface area contributed by atoms with Gasteiger partial charge in [0.05, 0.1) is 37.9 Å². The van der Waals surface area contributed by atoms with Gasteiger partial charge in [-0.1, -0.05) is 23.8 Å². The van der Waals surface area contributed by atoms with E-state index in [1.165, 1.54) is 12.1 Å². The predicted molar refractivity (Wildman–Crippen MR) is 114 cm³/mol. The molecule has 2 aliphatic carbocycles. The molecule has 0 bridgehead atoms. The van der Waals surface area contributed by atoms with Crippen LogP contribution in [0.4, 0.5) is 9.59 Å². The summed E-state index contributed by atoms with van der Waals surface area (Å²) in [7, 11) is 2.14. The summed E-state index contributed by atoms with van der Waals surface area (Å²) in [5.41, 5.74) is 1.31. The molecular formula is C24H22N2O9. The largest absolute Gasteiger partial charge is 0.508 e. The fourth-order valence-electron chi connectivity index (χ4n) is 6.19. The van der Waals surface area contributed by atoms with Gasteiger partial charge in [0.1, 0.15) is 5.75 Å². The Hall–Kier alpha value is -4.02. The van der Waals surface area contributed by atoms with Crippen LogP contribution in [0.2, 0.25) is 0 Å². The van der Waals surface area contributed by atoms with Crippen molar-refractivity contribution in [2.24, 2.45) is 29.6 Å². The van der Waals surface area contributed by atoms with E-state index in [1.807, 2.05) is 0 Å². The number of benzene rings is 1. The summed E-state index contributed by atoms with van der Waals surface area (Å²) in [5.74, 6) is -7.63. The van der Waals surface area contributed by atoms with Gasteiger partial charge in [0.2, 0.25) is 23.6 Å². The van der Waals surface area contributed by atoms with Crippen LogP contribution in [0.15, 0.2) is 35.9 Å². The van der Waals surface area contributed by atoms with E-state index >= 15 is 0 Å². The van der Waals surface area contributed by atoms with Crippen molar-refractivity contribution in [1.82, 2.24) is 9.80 Å². The molecule has 5 rings (SSSR count). The van der Waals surface area contributed by atoms with Gasteiger partial charge >= 0.3 is 12.2 Å². The van der Waals surface area contributed by atoms with Crippen molar-refractivity contribution in [3.05, 3.63) is 41.5 Å². The van der Waals surface area contributed by atoms with Gasteiger partial charge in [0.25, 0.3) is 0 Å². The quantitative estimate of drug-likeness (QED) is 0.465. The van der Waals surface area contributed by atoms with E-state index in [4.69, 9.17) is 0 Å². The first-order valence-corrected chi connectivity index (χ1v) is 11.1. The number of hydrogen-bond donors (Lipinski definition) is 1. The number of rotatable bonds is 1. The Morgan fingerprint density at radius 1 is 0.800 bits per heavy atom. The third-order valence-electron chi connectivity index (χ3n) is 7.62. The lowest BCUT2D eigenvalue weighted by Crippen LogP contribution is -2.43. The number of allylic oxidation sites excluding steroid dienone is 2. The molecule has 1 aromatic carbocycles. The highest BCUT2D eigenvalue weighted by atomic mass is 16.5. The van der Waals surface area contributed by atoms with Gasteiger partial charge in [-0.25, -0.2) is 9.59 Å². The number of phenolic OH excluding ortho intramolecular Hbond substituents is 1. The summed E-state index contributed by atoms with van der Waals surface area (Å²) in [5, 5.41) is 9.77. The number of aromatic hydroxyl groups is 1. The molecule has 6 atom stereocenters. The maximum Gasteiger partial charge on any atom is 0.423 e. The second-order valence-electron chi connectivity index (χ2n) is 9.08. The zero-order valence-corrected chi connectivity index (χ0v) is 18.9. The highest BCUT2D eigenvalue weighted by Gasteiger charge is 2.63. The lowest BCUT2D eigenvalue weighted by molar-refractivity contribution is -0.139. The highest BCUT2D eigenvalue weighted by molar-refractivity contribution is 6.17. The number of fused-ring (bicyclic) bond motifs is 4. The molecule has 3 fully saturated rings. The second kappa shape index (κ2) is 8.03. The number of carbonyl (C=O) groups is 6. The lowest BCUT2D eigenvalue weighted by atomic mass is 9.57. The molecule has 1 aromatic rings. The van der Waals surface area contributed by atoms with Crippen LogP contribution in [0.25, 0.3) is 0 Å². The molecular weight excluding hydrogens is 460 g/mol. The summed E-state index contributed by atoms with van der Waals surface area (Å²) in [6.07, 6.45) is -0.132. The van der Waals surface area contributed by atoms with Gasteiger partial charge < -0.3 is 14.6 Å². The average molecular weight is 482 g/mol. The molecule has 2 aliphatic heterocycles. The zero-order chi connectivity index (χ0) is 25.2. The minimum absolute atomic E-state index is 0.00523. The van der Waals surface area contributed by atoms with E-state index in [1.54, 1.807) is 18.2 Å². The van der Waals surface area contributed by atoms with E-state index < -0.39 is 71.3 Å². The fraction of sp³-hybridized carbons (Fsp3) is 0.417. The molecule has 0 spiro atoms. The van der Waals surface area contributed by atoms with Crippen molar-refractivity contribution >= 4 is 35.8 Å². The fourth-order valence-corrected chi connectivity index (χ4v) is 6.19. The Balaban J connectivity index is 1.62. The molecule has 2 heterocycles. The zero-order valence-electron chi connectivity index (χ0n) is 18.9. The molecule has 2 saturated heterocycles. The monoisotopic (exact) mass is 482 g/mol. The number of likely N-dealkylation sites (tertiary alicyclic amines) is 2. The second-order valence-corrected chi connectivity index (χ2v) is 9.08. The molecule has 4 aliphatic rings. The number of phenols is 1. The molecule has 35 heavy (non-hydrogen) atoms.